The second-order valence-corrected chi connectivity index (χ2v) is 6.38. The van der Waals surface area contributed by atoms with E-state index in [1.807, 2.05) is 30.3 Å². The van der Waals surface area contributed by atoms with Crippen molar-refractivity contribution in [2.75, 3.05) is 6.61 Å². The van der Waals surface area contributed by atoms with Gasteiger partial charge in [-0.1, -0.05) is 30.3 Å². The molecule has 1 aromatic rings. The van der Waals surface area contributed by atoms with E-state index < -0.39 is 36.4 Å². The molecule has 134 valence electrons. The average molecular weight is 348 g/mol. The Kier molecular flexibility index (Phi) is 4.78. The first-order valence-corrected chi connectivity index (χ1v) is 8.00. The standard InChI is InChI=1S/C18H20O7/c1-18(2)23-10-13(25-18)16-15(12(8-14(19)20)17(21)24-16)22-9-11-6-4-3-5-7-11/h3-7,13,16H,8-10H2,1-2H3,(H,19,20)/t13-,16+/m0/s1. The minimum atomic E-state index is -1.13. The lowest BCUT2D eigenvalue weighted by Gasteiger charge is -2.22. The van der Waals surface area contributed by atoms with Crippen LogP contribution in [0.15, 0.2) is 41.7 Å². The van der Waals surface area contributed by atoms with Crippen molar-refractivity contribution in [1.29, 1.82) is 0 Å². The number of esters is 1. The number of ether oxygens (including phenoxy) is 4. The number of rotatable bonds is 6. The summed E-state index contributed by atoms with van der Waals surface area (Å²) in [5.41, 5.74) is 0.911. The van der Waals surface area contributed by atoms with Gasteiger partial charge < -0.3 is 24.1 Å². The number of carbonyl (C=O) groups excluding carboxylic acids is 1. The van der Waals surface area contributed by atoms with E-state index in [-0.39, 0.29) is 24.5 Å². The molecule has 2 heterocycles. The SMILES string of the molecule is CC1(C)OC[C@@H]([C@H]2OC(=O)C(CC(=O)O)=C2OCc2ccccc2)O1. The lowest BCUT2D eigenvalue weighted by molar-refractivity contribution is -0.163. The van der Waals surface area contributed by atoms with E-state index in [9.17, 15) is 9.59 Å². The van der Waals surface area contributed by atoms with Gasteiger partial charge in [0.1, 0.15) is 12.7 Å². The van der Waals surface area contributed by atoms with E-state index in [0.717, 1.165) is 5.56 Å². The minimum Gasteiger partial charge on any atom is -0.489 e. The smallest absolute Gasteiger partial charge is 0.339 e. The van der Waals surface area contributed by atoms with Gasteiger partial charge in [-0.15, -0.1) is 0 Å². The molecule has 7 nitrogen and oxygen atoms in total. The number of aliphatic carboxylic acids is 1. The summed E-state index contributed by atoms with van der Waals surface area (Å²) >= 11 is 0. The molecular weight excluding hydrogens is 328 g/mol. The Bertz CT molecular complexity index is 693. The van der Waals surface area contributed by atoms with Crippen LogP contribution < -0.4 is 0 Å². The molecule has 3 rings (SSSR count). The van der Waals surface area contributed by atoms with Crippen LogP contribution in [0.25, 0.3) is 0 Å². The molecule has 1 N–H and O–H groups in total. The highest BCUT2D eigenvalue weighted by Gasteiger charge is 2.47. The highest BCUT2D eigenvalue weighted by Crippen LogP contribution is 2.35. The zero-order valence-corrected chi connectivity index (χ0v) is 14.1. The lowest BCUT2D eigenvalue weighted by atomic mass is 10.1. The van der Waals surface area contributed by atoms with E-state index in [1.165, 1.54) is 0 Å². The Hall–Kier alpha value is -2.38. The molecule has 0 bridgehead atoms. The summed E-state index contributed by atoms with van der Waals surface area (Å²) in [4.78, 5) is 23.2. The van der Waals surface area contributed by atoms with Crippen LogP contribution in [-0.4, -0.2) is 41.6 Å². The van der Waals surface area contributed by atoms with E-state index in [1.54, 1.807) is 13.8 Å². The molecule has 1 saturated heterocycles. The van der Waals surface area contributed by atoms with Gasteiger partial charge in [-0.2, -0.15) is 0 Å². The van der Waals surface area contributed by atoms with Crippen molar-refractivity contribution in [3.8, 4) is 0 Å². The number of benzene rings is 1. The van der Waals surface area contributed by atoms with Gasteiger partial charge in [0.15, 0.2) is 17.7 Å². The number of carboxylic acid groups (broad SMARTS) is 1. The van der Waals surface area contributed by atoms with Gasteiger partial charge in [0, 0.05) is 0 Å². The highest BCUT2D eigenvalue weighted by atomic mass is 16.8. The maximum absolute atomic E-state index is 12.1. The van der Waals surface area contributed by atoms with Crippen LogP contribution in [0.4, 0.5) is 0 Å². The summed E-state index contributed by atoms with van der Waals surface area (Å²) in [6.45, 7) is 3.94. The van der Waals surface area contributed by atoms with Gasteiger partial charge in [0.05, 0.1) is 18.6 Å². The first kappa shape index (κ1) is 17.4. The molecule has 1 fully saturated rings. The molecule has 0 saturated carbocycles. The molecule has 7 heteroatoms. The molecule has 0 spiro atoms. The summed E-state index contributed by atoms with van der Waals surface area (Å²) in [5.74, 6) is -2.40. The zero-order valence-electron chi connectivity index (χ0n) is 14.1. The molecule has 2 aliphatic heterocycles. The summed E-state index contributed by atoms with van der Waals surface area (Å²) < 4.78 is 22.4. The normalized spacial score (nSPS) is 25.1. The van der Waals surface area contributed by atoms with Crippen LogP contribution in [0, 0.1) is 0 Å². The Morgan fingerprint density at radius 2 is 2.04 bits per heavy atom. The second-order valence-electron chi connectivity index (χ2n) is 6.38. The predicted octanol–water partition coefficient (Wildman–Crippen LogP) is 2.01. The van der Waals surface area contributed by atoms with Crippen LogP contribution in [-0.2, 0) is 35.1 Å². The second kappa shape index (κ2) is 6.85. The van der Waals surface area contributed by atoms with Crippen LogP contribution >= 0.6 is 0 Å². The molecule has 2 aliphatic rings. The number of hydrogen-bond donors (Lipinski definition) is 1. The molecule has 0 unspecified atom stereocenters. The van der Waals surface area contributed by atoms with E-state index in [4.69, 9.17) is 24.1 Å². The van der Waals surface area contributed by atoms with E-state index >= 15 is 0 Å². The first-order chi connectivity index (χ1) is 11.9. The highest BCUT2D eigenvalue weighted by molar-refractivity contribution is 5.96. The molecule has 0 aliphatic carbocycles. The zero-order chi connectivity index (χ0) is 18.0. The van der Waals surface area contributed by atoms with Crippen LogP contribution in [0.1, 0.15) is 25.8 Å². The Labute approximate surface area is 145 Å². The molecule has 1 aromatic carbocycles. The molecule has 2 atom stereocenters. The van der Waals surface area contributed by atoms with Gasteiger partial charge in [0.2, 0.25) is 0 Å². The Morgan fingerprint density at radius 3 is 2.64 bits per heavy atom. The first-order valence-electron chi connectivity index (χ1n) is 8.00. The number of cyclic esters (lactones) is 1. The van der Waals surface area contributed by atoms with Gasteiger partial charge in [-0.05, 0) is 19.4 Å². The van der Waals surface area contributed by atoms with Gasteiger partial charge in [0.25, 0.3) is 0 Å². The largest absolute Gasteiger partial charge is 0.489 e. The fourth-order valence-electron chi connectivity index (χ4n) is 2.84. The fourth-order valence-corrected chi connectivity index (χ4v) is 2.84. The number of carbonyl (C=O) groups is 2. The third-order valence-electron chi connectivity index (χ3n) is 3.97. The lowest BCUT2D eigenvalue weighted by Crippen LogP contribution is -2.33. The predicted molar refractivity (Wildman–Crippen MR) is 85.3 cm³/mol. The molecule has 0 aromatic heterocycles. The maximum Gasteiger partial charge on any atom is 0.339 e. The van der Waals surface area contributed by atoms with Crippen molar-refractivity contribution in [2.45, 2.75) is 44.9 Å². The van der Waals surface area contributed by atoms with Crippen molar-refractivity contribution >= 4 is 11.9 Å². The third-order valence-corrected chi connectivity index (χ3v) is 3.97. The van der Waals surface area contributed by atoms with E-state index in [2.05, 4.69) is 0 Å². The summed E-state index contributed by atoms with van der Waals surface area (Å²) in [5, 5.41) is 9.08. The van der Waals surface area contributed by atoms with Crippen molar-refractivity contribution in [1.82, 2.24) is 0 Å². The van der Waals surface area contributed by atoms with Crippen molar-refractivity contribution in [2.24, 2.45) is 0 Å². The van der Waals surface area contributed by atoms with Gasteiger partial charge >= 0.3 is 11.9 Å². The van der Waals surface area contributed by atoms with Gasteiger partial charge in [-0.3, -0.25) is 4.79 Å². The Morgan fingerprint density at radius 1 is 1.32 bits per heavy atom. The quantitative estimate of drug-likeness (QED) is 0.786. The van der Waals surface area contributed by atoms with Crippen molar-refractivity contribution in [3.05, 3.63) is 47.2 Å². The van der Waals surface area contributed by atoms with E-state index in [0.29, 0.717) is 0 Å². The summed E-state index contributed by atoms with van der Waals surface area (Å²) in [7, 11) is 0. The summed E-state index contributed by atoms with van der Waals surface area (Å²) in [6.07, 6.45) is -1.82. The summed E-state index contributed by atoms with van der Waals surface area (Å²) in [6, 6.07) is 9.38. The number of hydrogen-bond acceptors (Lipinski definition) is 6. The fraction of sp³-hybridized carbons (Fsp3) is 0.444. The maximum atomic E-state index is 12.1. The van der Waals surface area contributed by atoms with Crippen molar-refractivity contribution in [3.63, 3.8) is 0 Å². The van der Waals surface area contributed by atoms with Crippen LogP contribution in [0.3, 0.4) is 0 Å². The van der Waals surface area contributed by atoms with Gasteiger partial charge in [-0.25, -0.2) is 4.79 Å². The molecule has 25 heavy (non-hydrogen) atoms. The van der Waals surface area contributed by atoms with Crippen LogP contribution in [0.5, 0.6) is 0 Å². The molecular formula is C18H20O7. The monoisotopic (exact) mass is 348 g/mol. The third kappa shape index (κ3) is 4.00. The number of carboxylic acids is 1. The molecule has 0 amide bonds. The van der Waals surface area contributed by atoms with Crippen LogP contribution in [0.2, 0.25) is 0 Å². The van der Waals surface area contributed by atoms with Crippen molar-refractivity contribution < 1.29 is 33.6 Å². The molecule has 0 radical (unpaired) electrons. The minimum absolute atomic E-state index is 0.0155. The topological polar surface area (TPSA) is 91.3 Å². The average Bonchev–Trinajstić information content (AvgIpc) is 3.06. The Balaban J connectivity index is 1.83.